The van der Waals surface area contributed by atoms with Crippen LogP contribution in [-0.2, 0) is 0 Å². The Morgan fingerprint density at radius 1 is 1.35 bits per heavy atom. The number of fused-ring (bicyclic) bond motifs is 1. The number of aromatic nitrogens is 3. The normalized spacial score (nSPS) is 22.1. The lowest BCUT2D eigenvalue weighted by Gasteiger charge is -2.28. The molecule has 0 aliphatic carbocycles. The quantitative estimate of drug-likeness (QED) is 0.752. The Balaban J connectivity index is 2.01. The number of pyridine rings is 1. The van der Waals surface area contributed by atoms with Gasteiger partial charge in [0.2, 0.25) is 0 Å². The molecule has 0 N–H and O–H groups in total. The molecule has 1 atom stereocenters. The third kappa shape index (κ3) is 1.91. The van der Waals surface area contributed by atoms with Crippen LogP contribution in [0.15, 0.2) is 18.3 Å². The number of hydrogen-bond donors (Lipinski definition) is 0. The van der Waals surface area contributed by atoms with Crippen molar-refractivity contribution in [3.63, 3.8) is 0 Å². The van der Waals surface area contributed by atoms with Crippen LogP contribution in [0, 0.1) is 5.82 Å². The predicted octanol–water partition coefficient (Wildman–Crippen LogP) is 1.68. The SMILES string of the molecule is CN1CCC[C@H](c2nnc3ccc(F)cn23)C1. The van der Waals surface area contributed by atoms with Crippen molar-refractivity contribution in [1.29, 1.82) is 0 Å². The van der Waals surface area contributed by atoms with Gasteiger partial charge in [0.25, 0.3) is 0 Å². The number of piperidine rings is 1. The summed E-state index contributed by atoms with van der Waals surface area (Å²) in [7, 11) is 2.11. The molecule has 0 radical (unpaired) electrons. The lowest BCUT2D eigenvalue weighted by Crippen LogP contribution is -2.31. The lowest BCUT2D eigenvalue weighted by atomic mass is 9.98. The molecule has 5 heteroatoms. The first-order valence-electron chi connectivity index (χ1n) is 5.93. The van der Waals surface area contributed by atoms with Gasteiger partial charge in [-0.15, -0.1) is 10.2 Å². The van der Waals surface area contributed by atoms with Crippen molar-refractivity contribution in [3.8, 4) is 0 Å². The number of hydrogen-bond acceptors (Lipinski definition) is 3. The molecule has 0 aromatic carbocycles. The third-order valence-corrected chi connectivity index (χ3v) is 3.38. The van der Waals surface area contributed by atoms with Gasteiger partial charge in [-0.3, -0.25) is 4.40 Å². The van der Waals surface area contributed by atoms with Crippen LogP contribution in [0.3, 0.4) is 0 Å². The maximum absolute atomic E-state index is 13.3. The van der Waals surface area contributed by atoms with Crippen molar-refractivity contribution in [1.82, 2.24) is 19.5 Å². The Morgan fingerprint density at radius 3 is 3.06 bits per heavy atom. The molecule has 0 spiro atoms. The second-order valence-electron chi connectivity index (χ2n) is 4.74. The smallest absolute Gasteiger partial charge is 0.160 e. The molecular formula is C12H15FN4. The van der Waals surface area contributed by atoms with Gasteiger partial charge in [0.1, 0.15) is 11.6 Å². The van der Waals surface area contributed by atoms with Crippen LogP contribution in [0.2, 0.25) is 0 Å². The number of likely N-dealkylation sites (N-methyl/N-ethyl adjacent to an activating group) is 1. The summed E-state index contributed by atoms with van der Waals surface area (Å²) < 4.78 is 15.0. The van der Waals surface area contributed by atoms with E-state index in [1.54, 1.807) is 10.5 Å². The van der Waals surface area contributed by atoms with Crippen LogP contribution < -0.4 is 0 Å². The zero-order chi connectivity index (χ0) is 11.8. The first-order chi connectivity index (χ1) is 8.24. The zero-order valence-electron chi connectivity index (χ0n) is 9.80. The van der Waals surface area contributed by atoms with E-state index < -0.39 is 0 Å². The molecule has 1 aliphatic heterocycles. The van der Waals surface area contributed by atoms with Crippen LogP contribution in [0.1, 0.15) is 24.6 Å². The highest BCUT2D eigenvalue weighted by molar-refractivity contribution is 5.38. The molecule has 0 amide bonds. The average molecular weight is 234 g/mol. The Hall–Kier alpha value is -1.49. The van der Waals surface area contributed by atoms with Gasteiger partial charge in [0, 0.05) is 18.7 Å². The van der Waals surface area contributed by atoms with E-state index in [-0.39, 0.29) is 5.82 Å². The van der Waals surface area contributed by atoms with Crippen molar-refractivity contribution >= 4 is 5.65 Å². The van der Waals surface area contributed by atoms with Crippen LogP contribution in [-0.4, -0.2) is 39.6 Å². The molecule has 2 aromatic heterocycles. The molecule has 3 heterocycles. The maximum atomic E-state index is 13.3. The fourth-order valence-corrected chi connectivity index (χ4v) is 2.54. The van der Waals surface area contributed by atoms with E-state index in [0.29, 0.717) is 5.92 Å². The molecule has 1 aliphatic rings. The van der Waals surface area contributed by atoms with Gasteiger partial charge in [-0.1, -0.05) is 0 Å². The summed E-state index contributed by atoms with van der Waals surface area (Å²) in [6, 6.07) is 3.08. The summed E-state index contributed by atoms with van der Waals surface area (Å²) in [4.78, 5) is 2.29. The second-order valence-corrected chi connectivity index (χ2v) is 4.74. The predicted molar refractivity (Wildman–Crippen MR) is 62.4 cm³/mol. The lowest BCUT2D eigenvalue weighted by molar-refractivity contribution is 0.245. The van der Waals surface area contributed by atoms with Gasteiger partial charge in [0.15, 0.2) is 5.65 Å². The van der Waals surface area contributed by atoms with E-state index in [9.17, 15) is 4.39 Å². The van der Waals surface area contributed by atoms with Crippen LogP contribution in [0.5, 0.6) is 0 Å². The van der Waals surface area contributed by atoms with Gasteiger partial charge < -0.3 is 4.90 Å². The third-order valence-electron chi connectivity index (χ3n) is 3.38. The van der Waals surface area contributed by atoms with Gasteiger partial charge >= 0.3 is 0 Å². The minimum atomic E-state index is -0.247. The number of rotatable bonds is 1. The second kappa shape index (κ2) is 4.07. The van der Waals surface area contributed by atoms with Gasteiger partial charge in [0.05, 0.1) is 0 Å². The maximum Gasteiger partial charge on any atom is 0.160 e. The fraction of sp³-hybridized carbons (Fsp3) is 0.500. The van der Waals surface area contributed by atoms with Crippen LogP contribution >= 0.6 is 0 Å². The van der Waals surface area contributed by atoms with Crippen LogP contribution in [0.4, 0.5) is 4.39 Å². The molecule has 2 aromatic rings. The first kappa shape index (κ1) is 10.7. The molecule has 4 nitrogen and oxygen atoms in total. The molecule has 0 unspecified atom stereocenters. The van der Waals surface area contributed by atoms with Crippen molar-refractivity contribution in [2.75, 3.05) is 20.1 Å². The highest BCUT2D eigenvalue weighted by atomic mass is 19.1. The van der Waals surface area contributed by atoms with Crippen LogP contribution in [0.25, 0.3) is 5.65 Å². The number of nitrogens with zero attached hydrogens (tertiary/aromatic N) is 4. The van der Waals surface area contributed by atoms with E-state index in [0.717, 1.165) is 37.4 Å². The highest BCUT2D eigenvalue weighted by Crippen LogP contribution is 2.25. The summed E-state index contributed by atoms with van der Waals surface area (Å²) in [6.07, 6.45) is 3.73. The van der Waals surface area contributed by atoms with E-state index in [2.05, 4.69) is 22.1 Å². The van der Waals surface area contributed by atoms with E-state index in [1.807, 2.05) is 0 Å². The van der Waals surface area contributed by atoms with Gasteiger partial charge in [-0.05, 0) is 38.6 Å². The molecule has 1 fully saturated rings. The minimum Gasteiger partial charge on any atom is -0.306 e. The molecule has 3 rings (SSSR count). The van der Waals surface area contributed by atoms with Crippen molar-refractivity contribution in [2.45, 2.75) is 18.8 Å². The molecule has 0 saturated carbocycles. The van der Waals surface area contributed by atoms with E-state index in [1.165, 1.54) is 12.3 Å². The standard InChI is InChI=1S/C12H15FN4/c1-16-6-2-3-9(7-16)12-15-14-11-5-4-10(13)8-17(11)12/h4-5,8-9H,2-3,6-7H2,1H3/t9-/m0/s1. The summed E-state index contributed by atoms with van der Waals surface area (Å²) >= 11 is 0. The number of halogens is 1. The van der Waals surface area contributed by atoms with Gasteiger partial charge in [-0.2, -0.15) is 0 Å². The zero-order valence-corrected chi connectivity index (χ0v) is 9.80. The van der Waals surface area contributed by atoms with E-state index in [4.69, 9.17) is 0 Å². The molecule has 90 valence electrons. The Labute approximate surface area is 99.1 Å². The average Bonchev–Trinajstić information content (AvgIpc) is 2.71. The monoisotopic (exact) mass is 234 g/mol. The number of likely N-dealkylation sites (tertiary alicyclic amines) is 1. The molecule has 17 heavy (non-hydrogen) atoms. The van der Waals surface area contributed by atoms with Crippen molar-refractivity contribution < 1.29 is 4.39 Å². The summed E-state index contributed by atoms with van der Waals surface area (Å²) in [5.41, 5.74) is 0.717. The first-order valence-corrected chi connectivity index (χ1v) is 5.93. The summed E-state index contributed by atoms with van der Waals surface area (Å²) in [5, 5.41) is 8.30. The largest absolute Gasteiger partial charge is 0.306 e. The fourth-order valence-electron chi connectivity index (χ4n) is 2.54. The Morgan fingerprint density at radius 2 is 2.24 bits per heavy atom. The molecule has 1 saturated heterocycles. The molecular weight excluding hydrogens is 219 g/mol. The Kier molecular flexibility index (Phi) is 2.55. The topological polar surface area (TPSA) is 33.4 Å². The summed E-state index contributed by atoms with van der Waals surface area (Å²) in [5.74, 6) is 0.985. The van der Waals surface area contributed by atoms with Crippen molar-refractivity contribution in [3.05, 3.63) is 30.0 Å². The Bertz CT molecular complexity index is 536. The highest BCUT2D eigenvalue weighted by Gasteiger charge is 2.23. The summed E-state index contributed by atoms with van der Waals surface area (Å²) in [6.45, 7) is 2.10. The van der Waals surface area contributed by atoms with Crippen molar-refractivity contribution in [2.24, 2.45) is 0 Å². The minimum absolute atomic E-state index is 0.247. The van der Waals surface area contributed by atoms with Gasteiger partial charge in [-0.25, -0.2) is 4.39 Å². The molecule has 0 bridgehead atoms. The van der Waals surface area contributed by atoms with E-state index >= 15 is 0 Å².